The first-order chi connectivity index (χ1) is 10.8. The summed E-state index contributed by atoms with van der Waals surface area (Å²) in [5, 5.41) is 0. The minimum absolute atomic E-state index is 0.289. The van der Waals surface area contributed by atoms with Crippen molar-refractivity contribution in [2.75, 3.05) is 44.7 Å². The summed E-state index contributed by atoms with van der Waals surface area (Å²) in [6.45, 7) is 4.91. The third-order valence-corrected chi connectivity index (χ3v) is 4.85. The van der Waals surface area contributed by atoms with Crippen LogP contribution in [0.3, 0.4) is 0 Å². The molecule has 3 aliphatic rings. The second kappa shape index (κ2) is 6.13. The molecule has 120 valence electrons. The fourth-order valence-corrected chi connectivity index (χ4v) is 3.28. The third kappa shape index (κ3) is 3.58. The van der Waals surface area contributed by atoms with Crippen LogP contribution in [0.2, 0.25) is 0 Å². The highest BCUT2D eigenvalue weighted by atomic mass is 16.5. The van der Waals surface area contributed by atoms with Gasteiger partial charge in [-0.25, -0.2) is 9.97 Å². The van der Waals surface area contributed by atoms with Gasteiger partial charge in [-0.2, -0.15) is 0 Å². The van der Waals surface area contributed by atoms with Crippen LogP contribution in [0.4, 0.5) is 5.82 Å². The Kier molecular flexibility index (Phi) is 4.01. The molecule has 2 heterocycles. The van der Waals surface area contributed by atoms with Crippen molar-refractivity contribution in [1.82, 2.24) is 14.9 Å². The number of rotatable bonds is 6. The van der Waals surface area contributed by atoms with Crippen LogP contribution in [-0.4, -0.2) is 60.8 Å². The zero-order valence-electron chi connectivity index (χ0n) is 13.4. The van der Waals surface area contributed by atoms with Crippen molar-refractivity contribution in [2.24, 2.45) is 5.92 Å². The lowest BCUT2D eigenvalue weighted by Crippen LogP contribution is -2.47. The van der Waals surface area contributed by atoms with Gasteiger partial charge in [-0.15, -0.1) is 0 Å². The zero-order chi connectivity index (χ0) is 14.9. The fraction of sp³-hybridized carbons (Fsp3) is 0.765. The van der Waals surface area contributed by atoms with Crippen LogP contribution in [-0.2, 0) is 4.74 Å². The summed E-state index contributed by atoms with van der Waals surface area (Å²) in [7, 11) is 2.22. The van der Waals surface area contributed by atoms with Crippen LogP contribution in [0, 0.1) is 5.92 Å². The molecule has 4 rings (SSSR count). The van der Waals surface area contributed by atoms with Crippen molar-refractivity contribution in [3.05, 3.63) is 18.1 Å². The topological polar surface area (TPSA) is 41.5 Å². The molecule has 0 amide bonds. The number of hydrogen-bond acceptors (Lipinski definition) is 5. The summed E-state index contributed by atoms with van der Waals surface area (Å²) in [6, 6.07) is 2.04. The van der Waals surface area contributed by atoms with Crippen molar-refractivity contribution in [3.63, 3.8) is 0 Å². The normalized spacial score (nSPS) is 25.7. The van der Waals surface area contributed by atoms with Gasteiger partial charge in [0.1, 0.15) is 11.6 Å². The van der Waals surface area contributed by atoms with E-state index in [-0.39, 0.29) is 6.10 Å². The highest BCUT2D eigenvalue weighted by Crippen LogP contribution is 2.38. The molecule has 5 heteroatoms. The van der Waals surface area contributed by atoms with E-state index in [1.54, 1.807) is 0 Å². The molecule has 1 aromatic rings. The molecule has 0 radical (unpaired) electrons. The van der Waals surface area contributed by atoms with E-state index >= 15 is 0 Å². The molecule has 3 fully saturated rings. The average molecular weight is 302 g/mol. The second-order valence-corrected chi connectivity index (χ2v) is 7.15. The van der Waals surface area contributed by atoms with Gasteiger partial charge in [-0.3, -0.25) is 0 Å². The van der Waals surface area contributed by atoms with Crippen LogP contribution < -0.4 is 4.90 Å². The van der Waals surface area contributed by atoms with E-state index in [4.69, 9.17) is 9.72 Å². The first-order valence-electron chi connectivity index (χ1n) is 8.66. The maximum Gasteiger partial charge on any atom is 0.133 e. The Morgan fingerprint density at radius 3 is 2.91 bits per heavy atom. The predicted molar refractivity (Wildman–Crippen MR) is 86.2 cm³/mol. The van der Waals surface area contributed by atoms with Crippen molar-refractivity contribution >= 4 is 5.82 Å². The minimum atomic E-state index is 0.289. The van der Waals surface area contributed by atoms with Gasteiger partial charge in [0.25, 0.3) is 0 Å². The van der Waals surface area contributed by atoms with Gasteiger partial charge in [-0.05, 0) is 44.7 Å². The monoisotopic (exact) mass is 302 g/mol. The molecule has 1 aromatic heterocycles. The Balaban J connectivity index is 1.36. The number of likely N-dealkylation sites (N-methyl/N-ethyl adjacent to an activating group) is 1. The average Bonchev–Trinajstić information content (AvgIpc) is 3.41. The Morgan fingerprint density at radius 2 is 2.14 bits per heavy atom. The molecular weight excluding hydrogens is 276 g/mol. The zero-order valence-corrected chi connectivity index (χ0v) is 13.4. The molecule has 0 N–H and O–H groups in total. The van der Waals surface area contributed by atoms with E-state index in [0.717, 1.165) is 43.8 Å². The molecule has 0 spiro atoms. The number of anilines is 1. The predicted octanol–water partition coefficient (Wildman–Crippen LogP) is 1.90. The van der Waals surface area contributed by atoms with Gasteiger partial charge in [-0.1, -0.05) is 0 Å². The van der Waals surface area contributed by atoms with Crippen LogP contribution in [0.5, 0.6) is 0 Å². The summed E-state index contributed by atoms with van der Waals surface area (Å²) in [4.78, 5) is 14.0. The number of ether oxygens (including phenoxy) is 1. The summed E-state index contributed by atoms with van der Waals surface area (Å²) < 4.78 is 5.97. The van der Waals surface area contributed by atoms with E-state index in [1.165, 1.54) is 32.2 Å². The molecule has 0 unspecified atom stereocenters. The summed E-state index contributed by atoms with van der Waals surface area (Å²) in [5.74, 6) is 3.66. The highest BCUT2D eigenvalue weighted by molar-refractivity contribution is 5.38. The Bertz CT molecular complexity index is 515. The molecular formula is C17H26N4O. The summed E-state index contributed by atoms with van der Waals surface area (Å²) >= 11 is 0. The SMILES string of the molecule is CN(CC1CC1)C[C@H]1CN(c2ccnc(C3CC3)n2)CCO1. The van der Waals surface area contributed by atoms with Gasteiger partial charge in [0.05, 0.1) is 12.7 Å². The smallest absolute Gasteiger partial charge is 0.133 e. The van der Waals surface area contributed by atoms with Crippen LogP contribution in [0.25, 0.3) is 0 Å². The second-order valence-electron chi connectivity index (χ2n) is 7.15. The van der Waals surface area contributed by atoms with E-state index in [9.17, 15) is 0 Å². The van der Waals surface area contributed by atoms with E-state index < -0.39 is 0 Å². The Labute approximate surface area is 132 Å². The number of morpholine rings is 1. The quantitative estimate of drug-likeness (QED) is 0.803. The van der Waals surface area contributed by atoms with Crippen molar-refractivity contribution in [2.45, 2.75) is 37.7 Å². The van der Waals surface area contributed by atoms with Gasteiger partial charge in [0, 0.05) is 38.3 Å². The Morgan fingerprint density at radius 1 is 1.27 bits per heavy atom. The summed E-state index contributed by atoms with van der Waals surface area (Å²) in [5.41, 5.74) is 0. The molecule has 1 atom stereocenters. The van der Waals surface area contributed by atoms with Gasteiger partial charge in [0.2, 0.25) is 0 Å². The number of aromatic nitrogens is 2. The van der Waals surface area contributed by atoms with E-state index in [1.807, 2.05) is 12.3 Å². The fourth-order valence-electron chi connectivity index (χ4n) is 3.28. The van der Waals surface area contributed by atoms with Crippen molar-refractivity contribution in [1.29, 1.82) is 0 Å². The lowest BCUT2D eigenvalue weighted by molar-refractivity contribution is 0.0197. The molecule has 1 aliphatic heterocycles. The van der Waals surface area contributed by atoms with Crippen LogP contribution >= 0.6 is 0 Å². The van der Waals surface area contributed by atoms with Gasteiger partial charge >= 0.3 is 0 Å². The number of nitrogens with zero attached hydrogens (tertiary/aromatic N) is 4. The molecule has 5 nitrogen and oxygen atoms in total. The molecule has 1 saturated heterocycles. The minimum Gasteiger partial charge on any atom is -0.373 e. The molecule has 0 bridgehead atoms. The van der Waals surface area contributed by atoms with Crippen LogP contribution in [0.1, 0.15) is 37.4 Å². The molecule has 22 heavy (non-hydrogen) atoms. The van der Waals surface area contributed by atoms with Crippen molar-refractivity contribution < 1.29 is 4.74 Å². The van der Waals surface area contributed by atoms with E-state index in [2.05, 4.69) is 21.8 Å². The highest BCUT2D eigenvalue weighted by Gasteiger charge is 2.29. The first-order valence-corrected chi connectivity index (χ1v) is 8.66. The van der Waals surface area contributed by atoms with Gasteiger partial charge in [0.15, 0.2) is 0 Å². The van der Waals surface area contributed by atoms with E-state index in [0.29, 0.717) is 5.92 Å². The third-order valence-electron chi connectivity index (χ3n) is 4.85. The first kappa shape index (κ1) is 14.4. The standard InChI is InChI=1S/C17H26N4O/c1-20(10-13-2-3-13)11-15-12-21(8-9-22-15)16-6-7-18-17(19-16)14-4-5-14/h6-7,13-15H,2-5,8-12H2,1H3/t15-/m0/s1. The molecule has 2 aliphatic carbocycles. The molecule has 0 aromatic carbocycles. The Hall–Kier alpha value is -1.20. The maximum absolute atomic E-state index is 5.97. The van der Waals surface area contributed by atoms with Gasteiger partial charge < -0.3 is 14.5 Å². The lowest BCUT2D eigenvalue weighted by atomic mass is 10.2. The summed E-state index contributed by atoms with van der Waals surface area (Å²) in [6.07, 6.45) is 7.53. The van der Waals surface area contributed by atoms with Crippen LogP contribution in [0.15, 0.2) is 12.3 Å². The maximum atomic E-state index is 5.97. The largest absolute Gasteiger partial charge is 0.373 e. The molecule has 2 saturated carbocycles. The van der Waals surface area contributed by atoms with Crippen molar-refractivity contribution in [3.8, 4) is 0 Å². The lowest BCUT2D eigenvalue weighted by Gasteiger charge is -2.35. The number of hydrogen-bond donors (Lipinski definition) is 0.